The van der Waals surface area contributed by atoms with E-state index in [9.17, 15) is 18.0 Å². The van der Waals surface area contributed by atoms with Crippen LogP contribution in [0.4, 0.5) is 18.9 Å². The van der Waals surface area contributed by atoms with Gasteiger partial charge in [0.15, 0.2) is 12.3 Å². The highest BCUT2D eigenvalue weighted by molar-refractivity contribution is 6.31. The highest BCUT2D eigenvalue weighted by atomic mass is 35.5. The van der Waals surface area contributed by atoms with Gasteiger partial charge in [0.1, 0.15) is 5.75 Å². The number of hydrogen-bond donors (Lipinski definition) is 1. The van der Waals surface area contributed by atoms with Gasteiger partial charge in [-0.15, -0.1) is 0 Å². The Hall–Kier alpha value is -2.81. The second-order valence-corrected chi connectivity index (χ2v) is 6.65. The molecule has 0 saturated heterocycles. The predicted molar refractivity (Wildman–Crippen MR) is 98.9 cm³/mol. The van der Waals surface area contributed by atoms with Crippen molar-refractivity contribution in [3.63, 3.8) is 0 Å². The summed E-state index contributed by atoms with van der Waals surface area (Å²) in [6.45, 7) is 1.99. The molecule has 0 unspecified atom stereocenters. The molecule has 28 heavy (non-hydrogen) atoms. The van der Waals surface area contributed by atoms with Crippen LogP contribution in [-0.4, -0.2) is 33.5 Å². The summed E-state index contributed by atoms with van der Waals surface area (Å²) < 4.78 is 43.8. The van der Waals surface area contributed by atoms with Crippen LogP contribution < -0.4 is 10.1 Å². The van der Waals surface area contributed by atoms with E-state index in [1.807, 2.05) is 0 Å². The summed E-state index contributed by atoms with van der Waals surface area (Å²) in [5, 5.41) is 7.65. The van der Waals surface area contributed by atoms with E-state index in [0.29, 0.717) is 28.0 Å². The molecular weight excluding hydrogens is 397 g/mol. The first-order chi connectivity index (χ1) is 13.0. The number of nitrogens with zero attached hydrogens (tertiary/aromatic N) is 3. The van der Waals surface area contributed by atoms with Crippen LogP contribution >= 0.6 is 11.6 Å². The van der Waals surface area contributed by atoms with Crippen molar-refractivity contribution in [1.29, 1.82) is 0 Å². The number of alkyl halides is 3. The number of fused-ring (bicyclic) bond motifs is 1. The van der Waals surface area contributed by atoms with E-state index in [2.05, 4.69) is 15.4 Å². The summed E-state index contributed by atoms with van der Waals surface area (Å²) in [4.78, 5) is 17.3. The van der Waals surface area contributed by atoms with Gasteiger partial charge in [-0.05, 0) is 38.1 Å². The number of aromatic nitrogens is 3. The Labute approximate surface area is 163 Å². The number of anilines is 1. The lowest BCUT2D eigenvalue weighted by atomic mass is 10.1. The molecule has 1 amide bonds. The minimum atomic E-state index is -4.51. The number of halogens is 4. The molecule has 3 rings (SSSR count). The van der Waals surface area contributed by atoms with Crippen molar-refractivity contribution in [2.24, 2.45) is 7.05 Å². The number of nitrogens with one attached hydrogen (secondary N) is 1. The molecule has 10 heteroatoms. The first-order valence-corrected chi connectivity index (χ1v) is 8.54. The van der Waals surface area contributed by atoms with E-state index in [0.717, 1.165) is 0 Å². The van der Waals surface area contributed by atoms with Gasteiger partial charge in [0.2, 0.25) is 0 Å². The van der Waals surface area contributed by atoms with Crippen molar-refractivity contribution in [1.82, 2.24) is 14.8 Å². The maximum atomic E-state index is 12.9. The molecule has 0 atom stereocenters. The average Bonchev–Trinajstić information content (AvgIpc) is 2.86. The van der Waals surface area contributed by atoms with Crippen LogP contribution in [0.3, 0.4) is 0 Å². The Morgan fingerprint density at radius 1 is 1.29 bits per heavy atom. The second kappa shape index (κ2) is 7.31. The molecule has 2 heterocycles. The zero-order chi connectivity index (χ0) is 20.6. The Bertz CT molecular complexity index is 1060. The first kappa shape index (κ1) is 19.9. The van der Waals surface area contributed by atoms with E-state index in [4.69, 9.17) is 16.3 Å². The minimum Gasteiger partial charge on any atom is -0.482 e. The number of ether oxygens (including phenoxy) is 1. The Balaban J connectivity index is 1.98. The van der Waals surface area contributed by atoms with Crippen LogP contribution in [0, 0.1) is 13.8 Å². The third-order valence-corrected chi connectivity index (χ3v) is 4.16. The number of benzene rings is 1. The fraction of sp³-hybridized carbons (Fsp3) is 0.278. The van der Waals surface area contributed by atoms with Gasteiger partial charge in [0.05, 0.1) is 22.3 Å². The van der Waals surface area contributed by atoms with Crippen molar-refractivity contribution < 1.29 is 22.7 Å². The van der Waals surface area contributed by atoms with Gasteiger partial charge < -0.3 is 10.1 Å². The smallest absolute Gasteiger partial charge is 0.422 e. The van der Waals surface area contributed by atoms with Crippen LogP contribution in [0.1, 0.15) is 21.7 Å². The molecule has 0 saturated carbocycles. The molecule has 0 aliphatic carbocycles. The molecule has 0 aliphatic heterocycles. The molecule has 1 N–H and O–H groups in total. The van der Waals surface area contributed by atoms with E-state index in [1.165, 1.54) is 18.2 Å². The topological polar surface area (TPSA) is 69.0 Å². The first-order valence-electron chi connectivity index (χ1n) is 8.16. The van der Waals surface area contributed by atoms with E-state index >= 15 is 0 Å². The quantitative estimate of drug-likeness (QED) is 0.688. The van der Waals surface area contributed by atoms with Gasteiger partial charge in [-0.3, -0.25) is 9.48 Å². The molecule has 0 spiro atoms. The summed E-state index contributed by atoms with van der Waals surface area (Å²) in [5.41, 5.74) is 2.07. The summed E-state index contributed by atoms with van der Waals surface area (Å²) in [6, 6.07) is 5.56. The lowest BCUT2D eigenvalue weighted by Gasteiger charge is -2.15. The van der Waals surface area contributed by atoms with E-state index < -0.39 is 18.7 Å². The van der Waals surface area contributed by atoms with E-state index in [1.54, 1.807) is 31.6 Å². The highest BCUT2D eigenvalue weighted by Crippen LogP contribution is 2.31. The van der Waals surface area contributed by atoms with Crippen LogP contribution in [0.2, 0.25) is 5.02 Å². The molecule has 1 aromatic carbocycles. The van der Waals surface area contributed by atoms with Crippen molar-refractivity contribution in [3.8, 4) is 5.75 Å². The van der Waals surface area contributed by atoms with Crippen molar-refractivity contribution >= 4 is 34.2 Å². The normalized spacial score (nSPS) is 11.7. The third-order valence-electron chi connectivity index (χ3n) is 3.92. The van der Waals surface area contributed by atoms with Crippen LogP contribution in [-0.2, 0) is 7.05 Å². The number of hydrogen-bond acceptors (Lipinski definition) is 4. The molecule has 0 fully saturated rings. The molecule has 2 aromatic heterocycles. The van der Waals surface area contributed by atoms with Crippen molar-refractivity contribution in [2.75, 3.05) is 11.9 Å². The van der Waals surface area contributed by atoms with Crippen molar-refractivity contribution in [2.45, 2.75) is 20.0 Å². The Morgan fingerprint density at radius 3 is 2.68 bits per heavy atom. The van der Waals surface area contributed by atoms with Gasteiger partial charge >= 0.3 is 6.18 Å². The maximum Gasteiger partial charge on any atom is 0.422 e. The molecule has 148 valence electrons. The molecule has 0 radical (unpaired) electrons. The summed E-state index contributed by atoms with van der Waals surface area (Å²) in [6.07, 6.45) is -4.51. The van der Waals surface area contributed by atoms with Crippen LogP contribution in [0.5, 0.6) is 5.75 Å². The monoisotopic (exact) mass is 412 g/mol. The molecule has 0 bridgehead atoms. The van der Waals surface area contributed by atoms with E-state index in [-0.39, 0.29) is 16.5 Å². The average molecular weight is 413 g/mol. The maximum absolute atomic E-state index is 12.9. The fourth-order valence-corrected chi connectivity index (χ4v) is 3.00. The molecular formula is C18H16ClF3N4O2. The predicted octanol–water partition coefficient (Wildman–Crippen LogP) is 4.43. The van der Waals surface area contributed by atoms with Crippen molar-refractivity contribution in [3.05, 3.63) is 46.2 Å². The zero-order valence-corrected chi connectivity index (χ0v) is 15.9. The lowest BCUT2D eigenvalue weighted by molar-refractivity contribution is -0.153. The summed E-state index contributed by atoms with van der Waals surface area (Å²) in [7, 11) is 1.71. The van der Waals surface area contributed by atoms with Gasteiger partial charge in [-0.2, -0.15) is 18.3 Å². The molecule has 3 aromatic rings. The summed E-state index contributed by atoms with van der Waals surface area (Å²) in [5.74, 6) is -0.675. The largest absolute Gasteiger partial charge is 0.482 e. The minimum absolute atomic E-state index is 0.0332. The standard InChI is InChI=1S/C18H16ClF3N4O2/c1-9-6-12(15-10(2)25-26(3)16(15)23-9)17(27)24-13-7-11(19)4-5-14(13)28-8-18(20,21)22/h4-7H,8H2,1-3H3,(H,24,27). The fourth-order valence-electron chi connectivity index (χ4n) is 2.82. The summed E-state index contributed by atoms with van der Waals surface area (Å²) >= 11 is 5.93. The Kier molecular flexibility index (Phi) is 5.20. The number of amides is 1. The van der Waals surface area contributed by atoms with Crippen LogP contribution in [0.25, 0.3) is 11.0 Å². The second-order valence-electron chi connectivity index (χ2n) is 6.22. The lowest BCUT2D eigenvalue weighted by Crippen LogP contribution is -2.20. The van der Waals surface area contributed by atoms with Gasteiger partial charge in [-0.1, -0.05) is 11.6 Å². The SMILES string of the molecule is Cc1cc(C(=O)Nc2cc(Cl)ccc2OCC(F)(F)F)c2c(C)nn(C)c2n1. The van der Waals surface area contributed by atoms with Crippen LogP contribution in [0.15, 0.2) is 24.3 Å². The van der Waals surface area contributed by atoms with Gasteiger partial charge in [0, 0.05) is 17.8 Å². The number of carbonyl (C=O) groups is 1. The number of aryl methyl sites for hydroxylation is 3. The van der Waals surface area contributed by atoms with Gasteiger partial charge in [0.25, 0.3) is 5.91 Å². The molecule has 0 aliphatic rings. The third kappa shape index (κ3) is 4.19. The Morgan fingerprint density at radius 2 is 2.00 bits per heavy atom. The number of rotatable bonds is 4. The number of pyridine rings is 1. The number of carbonyl (C=O) groups excluding carboxylic acids is 1. The zero-order valence-electron chi connectivity index (χ0n) is 15.2. The van der Waals surface area contributed by atoms with Gasteiger partial charge in [-0.25, -0.2) is 4.98 Å². The molecule has 6 nitrogen and oxygen atoms in total. The highest BCUT2D eigenvalue weighted by Gasteiger charge is 2.29.